The van der Waals surface area contributed by atoms with E-state index >= 15 is 0 Å². The average Bonchev–Trinajstić information content (AvgIpc) is 2.79. The molecular weight excluding hydrogens is 267 g/mol. The number of likely N-dealkylation sites (tertiary alicyclic amines) is 1. The monoisotopic (exact) mass is 284 g/mol. The molecule has 1 aliphatic heterocycles. The van der Waals surface area contributed by atoms with E-state index in [0.29, 0.717) is 12.5 Å². The minimum absolute atomic E-state index is 0.117. The summed E-state index contributed by atoms with van der Waals surface area (Å²) in [4.78, 5) is 12.5. The predicted molar refractivity (Wildman–Crippen MR) is 74.8 cm³/mol. The van der Waals surface area contributed by atoms with Gasteiger partial charge in [-0.15, -0.1) is 0 Å². The fourth-order valence-electron chi connectivity index (χ4n) is 2.53. The normalized spacial score (nSPS) is 19.8. The van der Waals surface area contributed by atoms with Crippen LogP contribution in [0, 0.1) is 21.8 Å². The van der Waals surface area contributed by atoms with Crippen LogP contribution < -0.4 is 0 Å². The van der Waals surface area contributed by atoms with Crippen LogP contribution in [0.15, 0.2) is 18.2 Å². The summed E-state index contributed by atoms with van der Waals surface area (Å²) in [6.45, 7) is 2.11. The number of benzene rings is 1. The summed E-state index contributed by atoms with van der Waals surface area (Å²) in [5.74, 6) is 1.22. The topological polar surface area (TPSA) is 46.4 Å². The van der Waals surface area contributed by atoms with Crippen molar-refractivity contribution >= 4 is 17.4 Å². The second kappa shape index (κ2) is 6.34. The van der Waals surface area contributed by atoms with Crippen LogP contribution in [0.25, 0.3) is 0 Å². The Morgan fingerprint density at radius 3 is 3.05 bits per heavy atom. The van der Waals surface area contributed by atoms with Crippen molar-refractivity contribution in [3.8, 4) is 0 Å². The number of nitro benzene ring substituents is 1. The SMILES string of the molecule is CSC[C@@H]1CCN(Cc2c(F)cccc2[N+](=O)[O-])C1. The molecule has 1 aliphatic rings. The van der Waals surface area contributed by atoms with Crippen molar-refractivity contribution in [1.82, 2.24) is 4.90 Å². The first-order valence-corrected chi connectivity index (χ1v) is 7.64. The van der Waals surface area contributed by atoms with Crippen molar-refractivity contribution in [1.29, 1.82) is 0 Å². The number of hydrogen-bond acceptors (Lipinski definition) is 4. The van der Waals surface area contributed by atoms with Crippen LogP contribution in [0.4, 0.5) is 10.1 Å². The third kappa shape index (κ3) is 3.45. The lowest BCUT2D eigenvalue weighted by Gasteiger charge is -2.16. The summed E-state index contributed by atoms with van der Waals surface area (Å²) in [5.41, 5.74) is 0.0885. The van der Waals surface area contributed by atoms with Crippen LogP contribution in [0.2, 0.25) is 0 Å². The lowest BCUT2D eigenvalue weighted by atomic mass is 10.1. The second-order valence-corrected chi connectivity index (χ2v) is 5.75. The van der Waals surface area contributed by atoms with E-state index in [4.69, 9.17) is 0 Å². The van der Waals surface area contributed by atoms with E-state index in [1.807, 2.05) is 11.8 Å². The lowest BCUT2D eigenvalue weighted by Crippen LogP contribution is -2.22. The van der Waals surface area contributed by atoms with Crippen molar-refractivity contribution in [2.45, 2.75) is 13.0 Å². The van der Waals surface area contributed by atoms with E-state index in [1.165, 1.54) is 18.2 Å². The molecule has 1 aromatic rings. The molecule has 0 bridgehead atoms. The summed E-state index contributed by atoms with van der Waals surface area (Å²) < 4.78 is 13.8. The zero-order chi connectivity index (χ0) is 13.8. The number of halogens is 1. The molecule has 0 N–H and O–H groups in total. The maximum absolute atomic E-state index is 13.8. The Kier molecular flexibility index (Phi) is 4.76. The van der Waals surface area contributed by atoms with Crippen molar-refractivity contribution in [3.05, 3.63) is 39.7 Å². The van der Waals surface area contributed by atoms with Gasteiger partial charge in [0.25, 0.3) is 5.69 Å². The van der Waals surface area contributed by atoms with E-state index in [2.05, 4.69) is 11.2 Å². The Labute approximate surface area is 116 Å². The zero-order valence-corrected chi connectivity index (χ0v) is 11.7. The highest BCUT2D eigenvalue weighted by Gasteiger charge is 2.26. The molecule has 0 spiro atoms. The van der Waals surface area contributed by atoms with Gasteiger partial charge in [0.05, 0.1) is 10.5 Å². The van der Waals surface area contributed by atoms with E-state index in [1.54, 1.807) is 0 Å². The van der Waals surface area contributed by atoms with E-state index in [9.17, 15) is 14.5 Å². The molecule has 1 aromatic carbocycles. The minimum Gasteiger partial charge on any atom is -0.298 e. The molecule has 4 nitrogen and oxygen atoms in total. The number of hydrogen-bond donors (Lipinski definition) is 0. The van der Waals surface area contributed by atoms with Crippen molar-refractivity contribution in [2.75, 3.05) is 25.1 Å². The van der Waals surface area contributed by atoms with Crippen molar-refractivity contribution in [2.24, 2.45) is 5.92 Å². The molecule has 0 aliphatic carbocycles. The zero-order valence-electron chi connectivity index (χ0n) is 10.8. The Hall–Kier alpha value is -1.14. The average molecular weight is 284 g/mol. The molecule has 0 unspecified atom stereocenters. The fourth-order valence-corrected chi connectivity index (χ4v) is 3.27. The smallest absolute Gasteiger partial charge is 0.276 e. The molecule has 1 atom stereocenters. The van der Waals surface area contributed by atoms with Crippen molar-refractivity contribution in [3.63, 3.8) is 0 Å². The maximum atomic E-state index is 13.8. The van der Waals surface area contributed by atoms with Gasteiger partial charge in [-0.25, -0.2) is 4.39 Å². The molecule has 104 valence electrons. The second-order valence-electron chi connectivity index (χ2n) is 4.84. The molecule has 6 heteroatoms. The Morgan fingerprint density at radius 1 is 1.58 bits per heavy atom. The lowest BCUT2D eigenvalue weighted by molar-refractivity contribution is -0.385. The molecule has 19 heavy (non-hydrogen) atoms. The van der Waals surface area contributed by atoms with Crippen LogP contribution in [0.3, 0.4) is 0 Å². The summed E-state index contributed by atoms with van der Waals surface area (Å²) in [5, 5.41) is 10.9. The van der Waals surface area contributed by atoms with Gasteiger partial charge in [0.2, 0.25) is 0 Å². The van der Waals surface area contributed by atoms with E-state index < -0.39 is 10.7 Å². The standard InChI is InChI=1S/C13H17FN2O2S/c1-19-9-10-5-6-15(7-10)8-11-12(14)3-2-4-13(11)16(17)18/h2-4,10H,5-9H2,1H3/t10-/m1/s1. The molecule has 0 radical (unpaired) electrons. The predicted octanol–water partition coefficient (Wildman–Crippen LogP) is 2.92. The summed E-state index contributed by atoms with van der Waals surface area (Å²) in [7, 11) is 0. The summed E-state index contributed by atoms with van der Waals surface area (Å²) >= 11 is 1.81. The van der Waals surface area contributed by atoms with Crippen LogP contribution >= 0.6 is 11.8 Å². The molecule has 0 aromatic heterocycles. The molecule has 1 heterocycles. The summed E-state index contributed by atoms with van der Waals surface area (Å²) in [6.07, 6.45) is 3.16. The maximum Gasteiger partial charge on any atom is 0.276 e. The first-order valence-electron chi connectivity index (χ1n) is 6.25. The van der Waals surface area contributed by atoms with Gasteiger partial charge in [-0.2, -0.15) is 11.8 Å². The Balaban J connectivity index is 2.09. The highest BCUT2D eigenvalue weighted by molar-refractivity contribution is 7.98. The first-order chi connectivity index (χ1) is 9.11. The van der Waals surface area contributed by atoms with Gasteiger partial charge in [-0.3, -0.25) is 15.0 Å². The number of nitro groups is 1. The summed E-state index contributed by atoms with van der Waals surface area (Å²) in [6, 6.07) is 4.04. The molecule has 1 fully saturated rings. The van der Waals surface area contributed by atoms with Crippen LogP contribution in [-0.2, 0) is 6.54 Å². The molecule has 1 saturated heterocycles. The van der Waals surface area contributed by atoms with Crippen molar-refractivity contribution < 1.29 is 9.31 Å². The Bertz CT molecular complexity index is 470. The number of nitrogens with zero attached hydrogens (tertiary/aromatic N) is 2. The quantitative estimate of drug-likeness (QED) is 0.616. The highest BCUT2D eigenvalue weighted by atomic mass is 32.2. The minimum atomic E-state index is -0.506. The number of rotatable bonds is 5. The van der Waals surface area contributed by atoms with Crippen LogP contribution in [0.5, 0.6) is 0 Å². The fraction of sp³-hybridized carbons (Fsp3) is 0.538. The third-order valence-electron chi connectivity index (χ3n) is 3.44. The largest absolute Gasteiger partial charge is 0.298 e. The van der Waals surface area contributed by atoms with Gasteiger partial charge in [0.1, 0.15) is 5.82 Å². The third-order valence-corrected chi connectivity index (χ3v) is 4.25. The molecule has 2 rings (SSSR count). The van der Waals surface area contributed by atoms with Gasteiger partial charge < -0.3 is 0 Å². The van der Waals surface area contributed by atoms with Gasteiger partial charge in [-0.1, -0.05) is 6.07 Å². The first kappa shape index (κ1) is 14.3. The van der Waals surface area contributed by atoms with Crippen LogP contribution in [0.1, 0.15) is 12.0 Å². The van der Waals surface area contributed by atoms with Gasteiger partial charge in [-0.05, 0) is 37.0 Å². The van der Waals surface area contributed by atoms with Crippen LogP contribution in [-0.4, -0.2) is 34.9 Å². The highest BCUT2D eigenvalue weighted by Crippen LogP contribution is 2.26. The molecule has 0 saturated carbocycles. The molecule has 0 amide bonds. The Morgan fingerprint density at radius 2 is 2.37 bits per heavy atom. The van der Waals surface area contributed by atoms with Gasteiger partial charge in [0.15, 0.2) is 0 Å². The van der Waals surface area contributed by atoms with E-state index in [0.717, 1.165) is 25.3 Å². The van der Waals surface area contributed by atoms with Gasteiger partial charge >= 0.3 is 0 Å². The van der Waals surface area contributed by atoms with E-state index in [-0.39, 0.29) is 11.3 Å². The van der Waals surface area contributed by atoms with Gasteiger partial charge in [0, 0.05) is 19.2 Å². The molecular formula is C13H17FN2O2S. The number of thioether (sulfide) groups is 1.